The fourth-order valence-electron chi connectivity index (χ4n) is 3.11. The topological polar surface area (TPSA) is 23.5 Å². The van der Waals surface area contributed by atoms with Gasteiger partial charge in [-0.2, -0.15) is 0 Å². The third-order valence-electron chi connectivity index (χ3n) is 4.50. The average Bonchev–Trinajstić information content (AvgIpc) is 2.60. The Bertz CT molecular complexity index is 707. The van der Waals surface area contributed by atoms with E-state index in [0.29, 0.717) is 19.0 Å². The van der Waals surface area contributed by atoms with Crippen LogP contribution in [0.25, 0.3) is 0 Å². The third-order valence-corrected chi connectivity index (χ3v) is 4.50. The van der Waals surface area contributed by atoms with Crippen molar-refractivity contribution < 1.29 is 13.9 Å². The standard InChI is InChI=1S/C20H21F2NO/c21-17-14-20(24)18(22)13-19(17)23-11-9-16(10-12-23)8-4-7-15-5-2-1-3-6-15/h1-6,8,13-14,16,24H,7,9-12H2. The van der Waals surface area contributed by atoms with Gasteiger partial charge in [0.05, 0.1) is 5.69 Å². The number of anilines is 1. The summed E-state index contributed by atoms with van der Waals surface area (Å²) in [7, 11) is 0. The number of nitrogens with zero attached hydrogens (tertiary/aromatic N) is 1. The van der Waals surface area contributed by atoms with Gasteiger partial charge in [0, 0.05) is 25.2 Å². The Balaban J connectivity index is 1.55. The van der Waals surface area contributed by atoms with Gasteiger partial charge in [0.15, 0.2) is 11.6 Å². The monoisotopic (exact) mass is 329 g/mol. The van der Waals surface area contributed by atoms with Crippen molar-refractivity contribution in [3.05, 3.63) is 71.8 Å². The largest absolute Gasteiger partial charge is 0.505 e. The summed E-state index contributed by atoms with van der Waals surface area (Å²) in [5.74, 6) is -1.53. The molecule has 0 atom stereocenters. The Hall–Kier alpha value is -2.36. The van der Waals surface area contributed by atoms with Crippen LogP contribution >= 0.6 is 0 Å². The van der Waals surface area contributed by atoms with Crippen LogP contribution in [0.5, 0.6) is 5.75 Å². The number of hydrogen-bond acceptors (Lipinski definition) is 2. The summed E-state index contributed by atoms with van der Waals surface area (Å²) in [5, 5.41) is 9.21. The van der Waals surface area contributed by atoms with E-state index in [-0.39, 0.29) is 5.69 Å². The number of aromatic hydroxyl groups is 1. The molecule has 0 amide bonds. The molecular formula is C20H21F2NO. The summed E-state index contributed by atoms with van der Waals surface area (Å²) in [6, 6.07) is 12.2. The predicted octanol–water partition coefficient (Wildman–Crippen LogP) is 4.69. The van der Waals surface area contributed by atoms with E-state index < -0.39 is 17.4 Å². The third kappa shape index (κ3) is 3.94. The van der Waals surface area contributed by atoms with Crippen molar-refractivity contribution in [2.75, 3.05) is 18.0 Å². The van der Waals surface area contributed by atoms with E-state index in [9.17, 15) is 13.9 Å². The van der Waals surface area contributed by atoms with Gasteiger partial charge in [-0.3, -0.25) is 0 Å². The van der Waals surface area contributed by atoms with Gasteiger partial charge in [-0.1, -0.05) is 42.5 Å². The molecule has 0 bridgehead atoms. The first kappa shape index (κ1) is 16.5. The molecule has 0 unspecified atom stereocenters. The maximum Gasteiger partial charge on any atom is 0.167 e. The zero-order valence-corrected chi connectivity index (χ0v) is 13.5. The smallest absolute Gasteiger partial charge is 0.167 e. The minimum atomic E-state index is -0.781. The highest BCUT2D eigenvalue weighted by atomic mass is 19.1. The van der Waals surface area contributed by atoms with Gasteiger partial charge in [-0.15, -0.1) is 0 Å². The molecule has 1 aliphatic rings. The summed E-state index contributed by atoms with van der Waals surface area (Å²) >= 11 is 0. The molecule has 1 fully saturated rings. The number of phenols is 1. The molecule has 1 saturated heterocycles. The van der Waals surface area contributed by atoms with Crippen LogP contribution in [0.15, 0.2) is 54.6 Å². The van der Waals surface area contributed by atoms with Crippen LogP contribution in [-0.4, -0.2) is 18.2 Å². The van der Waals surface area contributed by atoms with Gasteiger partial charge in [0.2, 0.25) is 0 Å². The van der Waals surface area contributed by atoms with E-state index in [4.69, 9.17) is 0 Å². The number of halogens is 2. The van der Waals surface area contributed by atoms with Crippen molar-refractivity contribution in [2.45, 2.75) is 19.3 Å². The molecule has 0 aromatic heterocycles. The first-order chi connectivity index (χ1) is 11.6. The lowest BCUT2D eigenvalue weighted by Gasteiger charge is -2.32. The highest BCUT2D eigenvalue weighted by Crippen LogP contribution is 2.30. The fraction of sp³-hybridized carbons (Fsp3) is 0.300. The first-order valence-corrected chi connectivity index (χ1v) is 8.27. The second-order valence-corrected chi connectivity index (χ2v) is 6.20. The van der Waals surface area contributed by atoms with Gasteiger partial charge < -0.3 is 10.0 Å². The van der Waals surface area contributed by atoms with E-state index in [1.807, 2.05) is 23.1 Å². The number of hydrogen-bond donors (Lipinski definition) is 1. The molecule has 0 saturated carbocycles. The second kappa shape index (κ2) is 7.47. The molecule has 1 N–H and O–H groups in total. The van der Waals surface area contributed by atoms with E-state index in [0.717, 1.165) is 31.4 Å². The molecule has 2 aromatic rings. The Morgan fingerprint density at radius 1 is 1.04 bits per heavy atom. The van der Waals surface area contributed by atoms with Gasteiger partial charge in [0.1, 0.15) is 5.82 Å². The second-order valence-electron chi connectivity index (χ2n) is 6.20. The van der Waals surface area contributed by atoms with E-state index in [1.54, 1.807) is 0 Å². The summed E-state index contributed by atoms with van der Waals surface area (Å²) in [6.07, 6.45) is 7.16. The number of phenolic OH excluding ortho intramolecular Hbond substituents is 1. The number of piperidine rings is 1. The highest BCUT2D eigenvalue weighted by Gasteiger charge is 2.21. The van der Waals surface area contributed by atoms with E-state index in [1.165, 1.54) is 5.56 Å². The quantitative estimate of drug-likeness (QED) is 0.823. The Kier molecular flexibility index (Phi) is 5.14. The summed E-state index contributed by atoms with van der Waals surface area (Å²) < 4.78 is 27.4. The number of rotatable bonds is 4. The van der Waals surface area contributed by atoms with Crippen LogP contribution in [0.1, 0.15) is 18.4 Å². The molecule has 2 nitrogen and oxygen atoms in total. The van der Waals surface area contributed by atoms with Gasteiger partial charge in [-0.05, 0) is 30.7 Å². The molecule has 2 aromatic carbocycles. The zero-order chi connectivity index (χ0) is 16.9. The molecule has 3 rings (SSSR count). The molecule has 1 heterocycles. The lowest BCUT2D eigenvalue weighted by atomic mass is 9.95. The van der Waals surface area contributed by atoms with Crippen molar-refractivity contribution in [1.29, 1.82) is 0 Å². The van der Waals surface area contributed by atoms with Crippen LogP contribution in [0.2, 0.25) is 0 Å². The van der Waals surface area contributed by atoms with Gasteiger partial charge >= 0.3 is 0 Å². The van der Waals surface area contributed by atoms with Crippen molar-refractivity contribution in [3.8, 4) is 5.75 Å². The lowest BCUT2D eigenvalue weighted by Crippen LogP contribution is -2.33. The average molecular weight is 329 g/mol. The van der Waals surface area contributed by atoms with Gasteiger partial charge in [-0.25, -0.2) is 8.78 Å². The van der Waals surface area contributed by atoms with E-state index >= 15 is 0 Å². The lowest BCUT2D eigenvalue weighted by molar-refractivity contribution is 0.424. The summed E-state index contributed by atoms with van der Waals surface area (Å²) in [4.78, 5) is 1.85. The molecule has 0 spiro atoms. The molecule has 1 aliphatic heterocycles. The predicted molar refractivity (Wildman–Crippen MR) is 92.2 cm³/mol. The van der Waals surface area contributed by atoms with Crippen molar-refractivity contribution >= 4 is 5.69 Å². The van der Waals surface area contributed by atoms with E-state index in [2.05, 4.69) is 24.3 Å². The SMILES string of the molecule is Oc1cc(F)c(N2CCC(C=CCc3ccccc3)CC2)cc1F. The highest BCUT2D eigenvalue weighted by molar-refractivity contribution is 5.51. The Labute approximate surface area is 141 Å². The van der Waals surface area contributed by atoms with Crippen molar-refractivity contribution in [2.24, 2.45) is 5.92 Å². The molecule has 0 radical (unpaired) electrons. The molecule has 24 heavy (non-hydrogen) atoms. The van der Waals surface area contributed by atoms with Gasteiger partial charge in [0.25, 0.3) is 0 Å². The number of allylic oxidation sites excluding steroid dienone is 2. The fourth-order valence-corrected chi connectivity index (χ4v) is 3.11. The minimum Gasteiger partial charge on any atom is -0.505 e. The van der Waals surface area contributed by atoms with Crippen molar-refractivity contribution in [1.82, 2.24) is 0 Å². The maximum atomic E-state index is 13.9. The Morgan fingerprint density at radius 2 is 1.75 bits per heavy atom. The van der Waals surface area contributed by atoms with Crippen LogP contribution in [0, 0.1) is 17.6 Å². The molecule has 0 aliphatic carbocycles. The van der Waals surface area contributed by atoms with Crippen molar-refractivity contribution in [3.63, 3.8) is 0 Å². The zero-order valence-electron chi connectivity index (χ0n) is 13.5. The van der Waals surface area contributed by atoms with Crippen LogP contribution < -0.4 is 4.90 Å². The minimum absolute atomic E-state index is 0.233. The van der Waals surface area contributed by atoms with Crippen LogP contribution in [-0.2, 0) is 6.42 Å². The van der Waals surface area contributed by atoms with Crippen LogP contribution in [0.3, 0.4) is 0 Å². The number of benzene rings is 2. The molecular weight excluding hydrogens is 308 g/mol. The van der Waals surface area contributed by atoms with Crippen LogP contribution in [0.4, 0.5) is 14.5 Å². The Morgan fingerprint density at radius 3 is 2.46 bits per heavy atom. The molecule has 126 valence electrons. The summed E-state index contributed by atoms with van der Waals surface area (Å²) in [6.45, 7) is 1.36. The molecule has 4 heteroatoms. The normalized spacial score (nSPS) is 16.0. The maximum absolute atomic E-state index is 13.9. The first-order valence-electron chi connectivity index (χ1n) is 8.27. The summed E-state index contributed by atoms with van der Waals surface area (Å²) in [5.41, 5.74) is 1.52.